The molecule has 0 fully saturated rings. The Kier molecular flexibility index (Phi) is 5.01. The van der Waals surface area contributed by atoms with Gasteiger partial charge in [-0.15, -0.1) is 0 Å². The minimum absolute atomic E-state index is 0.268. The van der Waals surface area contributed by atoms with Gasteiger partial charge in [-0.05, 0) is 42.8 Å². The van der Waals surface area contributed by atoms with Crippen molar-refractivity contribution in [1.82, 2.24) is 9.97 Å². The third-order valence-corrected chi connectivity index (χ3v) is 3.66. The Morgan fingerprint density at radius 2 is 1.75 bits per heavy atom. The molecule has 5 heteroatoms. The topological polar surface area (TPSA) is 41.1 Å². The highest BCUT2D eigenvalue weighted by Crippen LogP contribution is 2.18. The molecule has 2 aromatic carbocycles. The lowest BCUT2D eigenvalue weighted by Gasteiger charge is -2.22. The van der Waals surface area contributed by atoms with Gasteiger partial charge in [-0.3, -0.25) is 0 Å². The Morgan fingerprint density at radius 1 is 1.00 bits per heavy atom. The van der Waals surface area contributed by atoms with Crippen molar-refractivity contribution >= 4 is 17.5 Å². The quantitative estimate of drug-likeness (QED) is 0.731. The molecule has 0 radical (unpaired) electrons. The normalized spacial score (nSPS) is 10.4. The van der Waals surface area contributed by atoms with Crippen LogP contribution in [0.15, 0.2) is 66.9 Å². The molecule has 0 atom stereocenters. The summed E-state index contributed by atoms with van der Waals surface area (Å²) in [5.41, 5.74) is 1.98. The maximum absolute atomic E-state index is 13.0. The molecule has 0 unspecified atom stereocenters. The summed E-state index contributed by atoms with van der Waals surface area (Å²) in [6.07, 6.45) is 1.72. The van der Waals surface area contributed by atoms with Gasteiger partial charge in [0.1, 0.15) is 11.6 Å². The molecule has 0 saturated carbocycles. The molecule has 24 heavy (non-hydrogen) atoms. The minimum Gasteiger partial charge on any atom is -0.352 e. The smallest absolute Gasteiger partial charge is 0.229 e. The van der Waals surface area contributed by atoms with Gasteiger partial charge >= 0.3 is 0 Å². The lowest BCUT2D eigenvalue weighted by molar-refractivity contribution is 0.628. The summed E-state index contributed by atoms with van der Waals surface area (Å²) < 4.78 is 13.0. The van der Waals surface area contributed by atoms with Crippen molar-refractivity contribution in [2.24, 2.45) is 0 Å². The van der Waals surface area contributed by atoms with E-state index in [0.717, 1.165) is 24.6 Å². The number of benzene rings is 2. The first kappa shape index (κ1) is 15.9. The van der Waals surface area contributed by atoms with E-state index in [2.05, 4.69) is 39.2 Å². The molecular formula is C19H19FN4. The van der Waals surface area contributed by atoms with Gasteiger partial charge in [0.2, 0.25) is 5.95 Å². The van der Waals surface area contributed by atoms with Gasteiger partial charge in [0.25, 0.3) is 0 Å². The molecule has 4 nitrogen and oxygen atoms in total. The third-order valence-electron chi connectivity index (χ3n) is 3.66. The van der Waals surface area contributed by atoms with E-state index in [1.165, 1.54) is 17.7 Å². The van der Waals surface area contributed by atoms with Crippen LogP contribution in [0.1, 0.15) is 12.5 Å². The number of rotatable bonds is 6. The van der Waals surface area contributed by atoms with Gasteiger partial charge in [0.05, 0.1) is 0 Å². The fourth-order valence-electron chi connectivity index (χ4n) is 2.41. The predicted octanol–water partition coefficient (Wildman–Crippen LogP) is 4.39. The van der Waals surface area contributed by atoms with Crippen molar-refractivity contribution in [3.8, 4) is 0 Å². The largest absolute Gasteiger partial charge is 0.352 e. The monoisotopic (exact) mass is 322 g/mol. The molecule has 0 bridgehead atoms. The average Bonchev–Trinajstić information content (AvgIpc) is 2.63. The van der Waals surface area contributed by atoms with E-state index in [0.29, 0.717) is 5.95 Å². The second-order valence-corrected chi connectivity index (χ2v) is 5.37. The van der Waals surface area contributed by atoms with Crippen LogP contribution in [0.25, 0.3) is 0 Å². The zero-order chi connectivity index (χ0) is 16.8. The predicted molar refractivity (Wildman–Crippen MR) is 94.9 cm³/mol. The number of halogens is 1. The van der Waals surface area contributed by atoms with Gasteiger partial charge in [0.15, 0.2) is 0 Å². The van der Waals surface area contributed by atoms with Crippen LogP contribution < -0.4 is 10.2 Å². The maximum Gasteiger partial charge on any atom is 0.229 e. The SMILES string of the molecule is CCN(Cc1ccccc1)c1ccnc(Nc2ccc(F)cc2)n1. The fraction of sp³-hybridized carbons (Fsp3) is 0.158. The summed E-state index contributed by atoms with van der Waals surface area (Å²) in [6, 6.07) is 18.3. The van der Waals surface area contributed by atoms with Gasteiger partial charge in [-0.25, -0.2) is 9.37 Å². The summed E-state index contributed by atoms with van der Waals surface area (Å²) in [4.78, 5) is 11.0. The molecule has 0 aliphatic heterocycles. The second kappa shape index (κ2) is 7.55. The molecule has 3 rings (SSSR count). The van der Waals surface area contributed by atoms with Crippen LogP contribution in [0.3, 0.4) is 0 Å². The van der Waals surface area contributed by atoms with Crippen LogP contribution in [0, 0.1) is 5.82 Å². The lowest BCUT2D eigenvalue weighted by atomic mass is 10.2. The van der Waals surface area contributed by atoms with Crippen molar-refractivity contribution in [3.63, 3.8) is 0 Å². The summed E-state index contributed by atoms with van der Waals surface area (Å²) >= 11 is 0. The van der Waals surface area contributed by atoms with Crippen LogP contribution in [0.5, 0.6) is 0 Å². The number of hydrogen-bond donors (Lipinski definition) is 1. The first-order valence-electron chi connectivity index (χ1n) is 7.89. The molecule has 0 aliphatic carbocycles. The van der Waals surface area contributed by atoms with Crippen LogP contribution in [0.2, 0.25) is 0 Å². The molecule has 0 aliphatic rings. The maximum atomic E-state index is 13.0. The van der Waals surface area contributed by atoms with Crippen molar-refractivity contribution in [3.05, 3.63) is 78.2 Å². The van der Waals surface area contributed by atoms with Crippen molar-refractivity contribution in [2.45, 2.75) is 13.5 Å². The highest BCUT2D eigenvalue weighted by Gasteiger charge is 2.08. The van der Waals surface area contributed by atoms with Gasteiger partial charge < -0.3 is 10.2 Å². The van der Waals surface area contributed by atoms with Crippen LogP contribution in [0.4, 0.5) is 21.8 Å². The molecule has 1 aromatic heterocycles. The molecule has 1 heterocycles. The van der Waals surface area contributed by atoms with Gasteiger partial charge in [0, 0.05) is 25.0 Å². The Labute approximate surface area is 141 Å². The fourth-order valence-corrected chi connectivity index (χ4v) is 2.41. The Morgan fingerprint density at radius 3 is 2.46 bits per heavy atom. The molecule has 0 spiro atoms. The van der Waals surface area contributed by atoms with Crippen molar-refractivity contribution in [2.75, 3.05) is 16.8 Å². The number of nitrogens with one attached hydrogen (secondary N) is 1. The highest BCUT2D eigenvalue weighted by atomic mass is 19.1. The lowest BCUT2D eigenvalue weighted by Crippen LogP contribution is -2.23. The Bertz CT molecular complexity index is 775. The average molecular weight is 322 g/mol. The van der Waals surface area contributed by atoms with Crippen LogP contribution in [-0.4, -0.2) is 16.5 Å². The van der Waals surface area contributed by atoms with Crippen LogP contribution in [-0.2, 0) is 6.54 Å². The summed E-state index contributed by atoms with van der Waals surface area (Å²) in [6.45, 7) is 3.71. The van der Waals surface area contributed by atoms with Gasteiger partial charge in [-0.2, -0.15) is 4.98 Å². The van der Waals surface area contributed by atoms with E-state index in [4.69, 9.17) is 0 Å². The summed E-state index contributed by atoms with van der Waals surface area (Å²) in [5.74, 6) is 1.07. The third kappa shape index (κ3) is 4.07. The molecule has 0 saturated heterocycles. The first-order chi connectivity index (χ1) is 11.7. The van der Waals surface area contributed by atoms with E-state index < -0.39 is 0 Å². The highest BCUT2D eigenvalue weighted by molar-refractivity contribution is 5.54. The summed E-state index contributed by atoms with van der Waals surface area (Å²) in [5, 5.41) is 3.10. The number of nitrogens with zero attached hydrogens (tertiary/aromatic N) is 3. The molecule has 1 N–H and O–H groups in total. The summed E-state index contributed by atoms with van der Waals surface area (Å²) in [7, 11) is 0. The van der Waals surface area contributed by atoms with E-state index in [-0.39, 0.29) is 5.82 Å². The second-order valence-electron chi connectivity index (χ2n) is 5.37. The van der Waals surface area contributed by atoms with E-state index >= 15 is 0 Å². The molecular weight excluding hydrogens is 303 g/mol. The molecule has 3 aromatic rings. The van der Waals surface area contributed by atoms with Crippen molar-refractivity contribution in [1.29, 1.82) is 0 Å². The number of hydrogen-bond acceptors (Lipinski definition) is 4. The van der Waals surface area contributed by atoms with E-state index in [9.17, 15) is 4.39 Å². The Hall–Kier alpha value is -2.95. The minimum atomic E-state index is -0.268. The Balaban J connectivity index is 1.76. The zero-order valence-corrected chi connectivity index (χ0v) is 13.5. The van der Waals surface area contributed by atoms with Crippen LogP contribution >= 0.6 is 0 Å². The standard InChI is InChI=1S/C19H19FN4/c1-2-24(14-15-6-4-3-5-7-15)18-12-13-21-19(23-18)22-17-10-8-16(20)9-11-17/h3-13H,2,14H2,1H3,(H,21,22,23). The van der Waals surface area contributed by atoms with E-state index in [1.54, 1.807) is 18.3 Å². The first-order valence-corrected chi connectivity index (χ1v) is 7.89. The van der Waals surface area contributed by atoms with Crippen molar-refractivity contribution < 1.29 is 4.39 Å². The van der Waals surface area contributed by atoms with Gasteiger partial charge in [-0.1, -0.05) is 30.3 Å². The molecule has 0 amide bonds. The van der Waals surface area contributed by atoms with E-state index in [1.807, 2.05) is 24.3 Å². The number of aromatic nitrogens is 2. The number of anilines is 3. The zero-order valence-electron chi connectivity index (χ0n) is 13.5. The molecule has 122 valence electrons.